The van der Waals surface area contributed by atoms with E-state index in [0.717, 1.165) is 46.9 Å². The van der Waals surface area contributed by atoms with Crippen molar-refractivity contribution in [2.75, 3.05) is 11.1 Å². The Kier molecular flexibility index (Phi) is 5.58. The fourth-order valence-electron chi connectivity index (χ4n) is 2.27. The molecule has 0 aliphatic heterocycles. The summed E-state index contributed by atoms with van der Waals surface area (Å²) in [5.74, 6) is -1.80. The third-order valence-corrected chi connectivity index (χ3v) is 4.29. The van der Waals surface area contributed by atoms with Crippen molar-refractivity contribution in [3.63, 3.8) is 0 Å². The molecular weight excluding hydrogens is 356 g/mol. The SMILES string of the molecule is Cc1cc(-c2ccccc2)nc(SCC(=O)Nc2cc(F)ccc2F)n1. The van der Waals surface area contributed by atoms with Crippen LogP contribution in [0.3, 0.4) is 0 Å². The molecule has 0 radical (unpaired) electrons. The van der Waals surface area contributed by atoms with Crippen LogP contribution in [-0.2, 0) is 4.79 Å². The molecular formula is C19H15F2N3OS. The van der Waals surface area contributed by atoms with E-state index >= 15 is 0 Å². The van der Waals surface area contributed by atoms with E-state index in [-0.39, 0.29) is 11.4 Å². The van der Waals surface area contributed by atoms with Gasteiger partial charge in [0.25, 0.3) is 0 Å². The fraction of sp³-hybridized carbons (Fsp3) is 0.105. The molecule has 7 heteroatoms. The molecule has 0 fully saturated rings. The predicted molar refractivity (Wildman–Crippen MR) is 97.9 cm³/mol. The summed E-state index contributed by atoms with van der Waals surface area (Å²) in [4.78, 5) is 20.8. The van der Waals surface area contributed by atoms with Crippen molar-refractivity contribution in [1.82, 2.24) is 9.97 Å². The maximum atomic E-state index is 13.6. The Morgan fingerprint density at radius 2 is 1.85 bits per heavy atom. The average Bonchev–Trinajstić information content (AvgIpc) is 2.63. The number of thioether (sulfide) groups is 1. The molecule has 132 valence electrons. The third-order valence-electron chi connectivity index (χ3n) is 3.44. The molecule has 0 atom stereocenters. The highest BCUT2D eigenvalue weighted by molar-refractivity contribution is 7.99. The average molecular weight is 371 g/mol. The number of anilines is 1. The topological polar surface area (TPSA) is 54.9 Å². The second-order valence-electron chi connectivity index (χ2n) is 5.50. The van der Waals surface area contributed by atoms with E-state index in [1.54, 1.807) is 0 Å². The number of carbonyl (C=O) groups is 1. The van der Waals surface area contributed by atoms with Crippen LogP contribution in [0.2, 0.25) is 0 Å². The Morgan fingerprint density at radius 3 is 2.62 bits per heavy atom. The van der Waals surface area contributed by atoms with Crippen LogP contribution in [-0.4, -0.2) is 21.6 Å². The molecule has 4 nitrogen and oxygen atoms in total. The first kappa shape index (κ1) is 18.0. The number of hydrogen-bond acceptors (Lipinski definition) is 4. The highest BCUT2D eigenvalue weighted by Crippen LogP contribution is 2.22. The molecule has 0 unspecified atom stereocenters. The fourth-order valence-corrected chi connectivity index (χ4v) is 2.98. The first-order valence-corrected chi connectivity index (χ1v) is 8.78. The van der Waals surface area contributed by atoms with Gasteiger partial charge in [0.05, 0.1) is 17.1 Å². The van der Waals surface area contributed by atoms with E-state index in [0.29, 0.717) is 5.16 Å². The minimum Gasteiger partial charge on any atom is -0.323 e. The van der Waals surface area contributed by atoms with Gasteiger partial charge in [0.2, 0.25) is 5.91 Å². The van der Waals surface area contributed by atoms with Crippen molar-refractivity contribution in [1.29, 1.82) is 0 Å². The molecule has 3 aromatic rings. The van der Waals surface area contributed by atoms with Gasteiger partial charge in [-0.1, -0.05) is 42.1 Å². The summed E-state index contributed by atoms with van der Waals surface area (Å²) in [7, 11) is 0. The Hall–Kier alpha value is -2.80. The molecule has 0 bridgehead atoms. The number of aromatic nitrogens is 2. The van der Waals surface area contributed by atoms with E-state index in [2.05, 4.69) is 15.3 Å². The summed E-state index contributed by atoms with van der Waals surface area (Å²) in [6.45, 7) is 1.85. The molecule has 3 rings (SSSR count). The molecule has 0 aliphatic carbocycles. The monoisotopic (exact) mass is 371 g/mol. The highest BCUT2D eigenvalue weighted by Gasteiger charge is 2.11. The van der Waals surface area contributed by atoms with E-state index in [9.17, 15) is 13.6 Å². The second-order valence-corrected chi connectivity index (χ2v) is 6.45. The molecule has 2 aromatic carbocycles. The minimum atomic E-state index is -0.692. The largest absolute Gasteiger partial charge is 0.323 e. The standard InChI is InChI=1S/C19H15F2N3OS/c1-12-9-16(13-5-3-2-4-6-13)24-19(22-12)26-11-18(25)23-17-10-14(20)7-8-15(17)21/h2-10H,11H2,1H3,(H,23,25). The van der Waals surface area contributed by atoms with Crippen molar-refractivity contribution in [3.8, 4) is 11.3 Å². The van der Waals surface area contributed by atoms with E-state index in [1.165, 1.54) is 0 Å². The van der Waals surface area contributed by atoms with Gasteiger partial charge < -0.3 is 5.32 Å². The smallest absolute Gasteiger partial charge is 0.234 e. The number of nitrogens with one attached hydrogen (secondary N) is 1. The van der Waals surface area contributed by atoms with Crippen LogP contribution in [0.15, 0.2) is 59.8 Å². The van der Waals surface area contributed by atoms with Crippen molar-refractivity contribution >= 4 is 23.4 Å². The Balaban J connectivity index is 1.68. The minimum absolute atomic E-state index is 0.0202. The first-order chi connectivity index (χ1) is 12.5. The lowest BCUT2D eigenvalue weighted by atomic mass is 10.1. The van der Waals surface area contributed by atoms with Gasteiger partial charge in [-0.2, -0.15) is 0 Å². The summed E-state index contributed by atoms with van der Waals surface area (Å²) in [5.41, 5.74) is 2.30. The van der Waals surface area contributed by atoms with E-state index in [1.807, 2.05) is 43.3 Å². The van der Waals surface area contributed by atoms with Crippen LogP contribution in [0.1, 0.15) is 5.69 Å². The molecule has 1 heterocycles. The van der Waals surface area contributed by atoms with Crippen LogP contribution >= 0.6 is 11.8 Å². The summed E-state index contributed by atoms with van der Waals surface area (Å²) in [6.07, 6.45) is 0. The predicted octanol–water partition coefficient (Wildman–Crippen LogP) is 4.46. The van der Waals surface area contributed by atoms with Crippen LogP contribution in [0, 0.1) is 18.6 Å². The van der Waals surface area contributed by atoms with Gasteiger partial charge in [-0.25, -0.2) is 18.7 Å². The number of benzene rings is 2. The van der Waals surface area contributed by atoms with Gasteiger partial charge in [-0.15, -0.1) is 0 Å². The lowest BCUT2D eigenvalue weighted by Crippen LogP contribution is -2.15. The lowest BCUT2D eigenvalue weighted by molar-refractivity contribution is -0.113. The van der Waals surface area contributed by atoms with Crippen molar-refractivity contribution in [2.24, 2.45) is 0 Å². The lowest BCUT2D eigenvalue weighted by Gasteiger charge is -2.08. The van der Waals surface area contributed by atoms with Crippen LogP contribution in [0.25, 0.3) is 11.3 Å². The zero-order valence-electron chi connectivity index (χ0n) is 13.9. The number of aryl methyl sites for hydroxylation is 1. The molecule has 1 aromatic heterocycles. The summed E-state index contributed by atoms with van der Waals surface area (Å²) in [5, 5.41) is 2.80. The maximum Gasteiger partial charge on any atom is 0.234 e. The van der Waals surface area contributed by atoms with Crippen LogP contribution in [0.5, 0.6) is 0 Å². The second kappa shape index (κ2) is 8.05. The number of amides is 1. The molecule has 0 saturated heterocycles. The van der Waals surface area contributed by atoms with E-state index < -0.39 is 17.5 Å². The first-order valence-electron chi connectivity index (χ1n) is 7.80. The van der Waals surface area contributed by atoms with Crippen molar-refractivity contribution in [3.05, 3.63) is 71.9 Å². The van der Waals surface area contributed by atoms with Gasteiger partial charge in [0.15, 0.2) is 5.16 Å². The molecule has 1 amide bonds. The maximum absolute atomic E-state index is 13.6. The number of rotatable bonds is 5. The summed E-state index contributed by atoms with van der Waals surface area (Å²) in [6, 6.07) is 14.4. The summed E-state index contributed by atoms with van der Waals surface area (Å²) >= 11 is 1.13. The molecule has 0 spiro atoms. The van der Waals surface area contributed by atoms with Crippen molar-refractivity contribution < 1.29 is 13.6 Å². The normalized spacial score (nSPS) is 10.6. The van der Waals surface area contributed by atoms with Gasteiger partial charge >= 0.3 is 0 Å². The van der Waals surface area contributed by atoms with Gasteiger partial charge in [-0.3, -0.25) is 4.79 Å². The van der Waals surface area contributed by atoms with Gasteiger partial charge in [0, 0.05) is 17.3 Å². The Labute approximate surface area is 153 Å². The zero-order chi connectivity index (χ0) is 18.5. The molecule has 1 N–H and O–H groups in total. The molecule has 26 heavy (non-hydrogen) atoms. The number of carbonyl (C=O) groups excluding carboxylic acids is 1. The van der Waals surface area contributed by atoms with Gasteiger partial charge in [-0.05, 0) is 25.1 Å². The van der Waals surface area contributed by atoms with E-state index in [4.69, 9.17) is 0 Å². The number of halogens is 2. The van der Waals surface area contributed by atoms with Crippen LogP contribution < -0.4 is 5.32 Å². The number of nitrogens with zero attached hydrogens (tertiary/aromatic N) is 2. The number of hydrogen-bond donors (Lipinski definition) is 1. The molecule has 0 saturated carbocycles. The summed E-state index contributed by atoms with van der Waals surface area (Å²) < 4.78 is 26.7. The zero-order valence-corrected chi connectivity index (χ0v) is 14.7. The highest BCUT2D eigenvalue weighted by atomic mass is 32.2. The van der Waals surface area contributed by atoms with Crippen LogP contribution in [0.4, 0.5) is 14.5 Å². The van der Waals surface area contributed by atoms with Gasteiger partial charge in [0.1, 0.15) is 11.6 Å². The third kappa shape index (κ3) is 4.64. The molecule has 0 aliphatic rings. The quantitative estimate of drug-likeness (QED) is 0.531. The Morgan fingerprint density at radius 1 is 1.08 bits per heavy atom. The van der Waals surface area contributed by atoms with Crippen molar-refractivity contribution in [2.45, 2.75) is 12.1 Å². The Bertz CT molecular complexity index is 935.